The van der Waals surface area contributed by atoms with Gasteiger partial charge in [0.1, 0.15) is 0 Å². The van der Waals surface area contributed by atoms with E-state index in [1.165, 1.54) is 17.5 Å². The predicted molar refractivity (Wildman–Crippen MR) is 87.6 cm³/mol. The van der Waals surface area contributed by atoms with E-state index in [1.807, 2.05) is 11.0 Å². The summed E-state index contributed by atoms with van der Waals surface area (Å²) in [5.74, 6) is 0.152. The summed E-state index contributed by atoms with van der Waals surface area (Å²) in [5.41, 5.74) is 9.17. The zero-order valence-electron chi connectivity index (χ0n) is 12.2. The second-order valence-electron chi connectivity index (χ2n) is 5.87. The molecule has 0 radical (unpaired) electrons. The smallest absolute Gasteiger partial charge is 0.253 e. The van der Waals surface area contributed by atoms with Crippen molar-refractivity contribution in [2.45, 2.75) is 19.3 Å². The first-order valence-electron chi connectivity index (χ1n) is 7.55. The maximum Gasteiger partial charge on any atom is 0.253 e. The molecule has 2 N–H and O–H groups in total. The number of carbonyl (C=O) groups excluding carboxylic acids is 1. The molecular formula is C16H21N3OS. The maximum atomic E-state index is 12.6. The number of hydrogen-bond acceptors (Lipinski definition) is 3. The van der Waals surface area contributed by atoms with Crippen LogP contribution in [-0.4, -0.2) is 53.4 Å². The van der Waals surface area contributed by atoms with Crippen LogP contribution in [0.25, 0.3) is 0 Å². The van der Waals surface area contributed by atoms with Crippen LogP contribution >= 0.6 is 12.2 Å². The lowest BCUT2D eigenvalue weighted by molar-refractivity contribution is 0.0654. The van der Waals surface area contributed by atoms with E-state index in [2.05, 4.69) is 17.0 Å². The van der Waals surface area contributed by atoms with Crippen LogP contribution in [0.5, 0.6) is 0 Å². The number of benzene rings is 1. The Hall–Kier alpha value is -1.46. The summed E-state index contributed by atoms with van der Waals surface area (Å²) < 4.78 is 0. The lowest BCUT2D eigenvalue weighted by Gasteiger charge is -2.34. The molecule has 0 saturated carbocycles. The first-order chi connectivity index (χ1) is 10.1. The fourth-order valence-corrected chi connectivity index (χ4v) is 3.40. The number of amides is 1. The fraction of sp³-hybridized carbons (Fsp3) is 0.500. The Balaban J connectivity index is 1.63. The molecule has 1 saturated heterocycles. The van der Waals surface area contributed by atoms with E-state index in [9.17, 15) is 4.79 Å². The predicted octanol–water partition coefficient (Wildman–Crippen LogP) is 1.22. The molecule has 0 bridgehead atoms. The summed E-state index contributed by atoms with van der Waals surface area (Å²) in [6.45, 7) is 3.83. The van der Waals surface area contributed by atoms with Crippen molar-refractivity contribution in [1.29, 1.82) is 0 Å². The Morgan fingerprint density at radius 2 is 1.86 bits per heavy atom. The number of nitrogens with two attached hydrogens (primary N) is 1. The van der Waals surface area contributed by atoms with Gasteiger partial charge in [-0.15, -0.1) is 0 Å². The van der Waals surface area contributed by atoms with Gasteiger partial charge in [0.15, 0.2) is 0 Å². The molecule has 0 unspecified atom stereocenters. The number of nitrogens with zero attached hydrogens (tertiary/aromatic N) is 2. The second kappa shape index (κ2) is 6.12. The highest BCUT2D eigenvalue weighted by Gasteiger charge is 2.23. The molecule has 1 fully saturated rings. The topological polar surface area (TPSA) is 49.6 Å². The lowest BCUT2D eigenvalue weighted by Crippen LogP contribution is -2.50. The minimum atomic E-state index is 0.152. The fourth-order valence-electron chi connectivity index (χ4n) is 3.22. The van der Waals surface area contributed by atoms with Crippen LogP contribution in [0.1, 0.15) is 27.9 Å². The monoisotopic (exact) mass is 303 g/mol. The number of hydrogen-bond donors (Lipinski definition) is 1. The number of rotatable bonds is 3. The standard InChI is InChI=1S/C16H21N3OS/c17-15(21)11-18-6-8-19(9-7-18)16(20)14-5-4-12-2-1-3-13(12)10-14/h4-5,10H,1-3,6-9,11H2,(H2,17,21). The van der Waals surface area contributed by atoms with Gasteiger partial charge >= 0.3 is 0 Å². The average Bonchev–Trinajstić information content (AvgIpc) is 2.94. The van der Waals surface area contributed by atoms with Gasteiger partial charge in [-0.1, -0.05) is 18.3 Å². The molecule has 0 atom stereocenters. The van der Waals surface area contributed by atoms with Crippen LogP contribution in [0.15, 0.2) is 18.2 Å². The van der Waals surface area contributed by atoms with Gasteiger partial charge in [-0.05, 0) is 42.5 Å². The van der Waals surface area contributed by atoms with Gasteiger partial charge in [-0.2, -0.15) is 0 Å². The number of aryl methyl sites for hydroxylation is 2. The molecule has 3 rings (SSSR count). The summed E-state index contributed by atoms with van der Waals surface area (Å²) in [7, 11) is 0. The molecule has 0 aromatic heterocycles. The molecule has 1 aliphatic heterocycles. The molecule has 112 valence electrons. The number of piperazine rings is 1. The van der Waals surface area contributed by atoms with Crippen molar-refractivity contribution in [2.24, 2.45) is 5.73 Å². The summed E-state index contributed by atoms with van der Waals surface area (Å²) in [6.07, 6.45) is 3.48. The average molecular weight is 303 g/mol. The second-order valence-corrected chi connectivity index (χ2v) is 6.40. The Morgan fingerprint density at radius 3 is 2.57 bits per heavy atom. The van der Waals surface area contributed by atoms with Crippen LogP contribution in [0.4, 0.5) is 0 Å². The first kappa shape index (κ1) is 14.5. The summed E-state index contributed by atoms with van der Waals surface area (Å²) in [4.78, 5) is 17.2. The summed E-state index contributed by atoms with van der Waals surface area (Å²) in [6, 6.07) is 6.19. The van der Waals surface area contributed by atoms with E-state index in [0.29, 0.717) is 11.5 Å². The van der Waals surface area contributed by atoms with Crippen LogP contribution in [0.2, 0.25) is 0 Å². The van der Waals surface area contributed by atoms with Gasteiger partial charge in [-0.25, -0.2) is 0 Å². The Labute approximate surface area is 130 Å². The zero-order chi connectivity index (χ0) is 14.8. The summed E-state index contributed by atoms with van der Waals surface area (Å²) in [5, 5.41) is 0. The van der Waals surface area contributed by atoms with Crippen LogP contribution < -0.4 is 5.73 Å². The third-order valence-electron chi connectivity index (χ3n) is 4.38. The molecule has 5 heteroatoms. The van der Waals surface area contributed by atoms with Crippen LogP contribution in [0, 0.1) is 0 Å². The summed E-state index contributed by atoms with van der Waals surface area (Å²) >= 11 is 4.94. The Bertz CT molecular complexity index is 565. The van der Waals surface area contributed by atoms with Crippen molar-refractivity contribution in [3.63, 3.8) is 0 Å². The Kier molecular flexibility index (Phi) is 4.22. The van der Waals surface area contributed by atoms with Gasteiger partial charge in [-0.3, -0.25) is 9.69 Å². The third-order valence-corrected chi connectivity index (χ3v) is 4.51. The molecule has 1 aromatic rings. The molecule has 0 spiro atoms. The van der Waals surface area contributed by atoms with E-state index in [-0.39, 0.29) is 5.91 Å². The highest BCUT2D eigenvalue weighted by molar-refractivity contribution is 7.80. The van der Waals surface area contributed by atoms with Crippen molar-refractivity contribution in [3.05, 3.63) is 34.9 Å². The normalized spacial score (nSPS) is 18.6. The third kappa shape index (κ3) is 3.24. The molecule has 2 aliphatic rings. The SMILES string of the molecule is NC(=S)CN1CCN(C(=O)c2ccc3c(c2)CCC3)CC1. The van der Waals surface area contributed by atoms with Gasteiger partial charge in [0.05, 0.1) is 4.99 Å². The van der Waals surface area contributed by atoms with Crippen molar-refractivity contribution in [1.82, 2.24) is 9.80 Å². The van der Waals surface area contributed by atoms with Crippen molar-refractivity contribution in [2.75, 3.05) is 32.7 Å². The highest BCUT2D eigenvalue weighted by atomic mass is 32.1. The van der Waals surface area contributed by atoms with Gasteiger partial charge in [0, 0.05) is 38.3 Å². The van der Waals surface area contributed by atoms with E-state index >= 15 is 0 Å². The van der Waals surface area contributed by atoms with Crippen molar-refractivity contribution < 1.29 is 4.79 Å². The van der Waals surface area contributed by atoms with Crippen molar-refractivity contribution >= 4 is 23.1 Å². The van der Waals surface area contributed by atoms with E-state index in [0.717, 1.165) is 44.6 Å². The lowest BCUT2D eigenvalue weighted by atomic mass is 10.1. The minimum Gasteiger partial charge on any atom is -0.392 e. The molecule has 21 heavy (non-hydrogen) atoms. The zero-order valence-corrected chi connectivity index (χ0v) is 13.0. The quantitative estimate of drug-likeness (QED) is 0.853. The molecule has 1 aliphatic carbocycles. The van der Waals surface area contributed by atoms with Crippen molar-refractivity contribution in [3.8, 4) is 0 Å². The highest BCUT2D eigenvalue weighted by Crippen LogP contribution is 2.23. The largest absolute Gasteiger partial charge is 0.392 e. The van der Waals surface area contributed by atoms with Gasteiger partial charge < -0.3 is 10.6 Å². The minimum absolute atomic E-state index is 0.152. The van der Waals surface area contributed by atoms with Crippen LogP contribution in [0.3, 0.4) is 0 Å². The van der Waals surface area contributed by atoms with E-state index in [1.54, 1.807) is 0 Å². The number of fused-ring (bicyclic) bond motifs is 1. The molecule has 1 heterocycles. The van der Waals surface area contributed by atoms with E-state index < -0.39 is 0 Å². The van der Waals surface area contributed by atoms with Crippen LogP contribution in [-0.2, 0) is 12.8 Å². The van der Waals surface area contributed by atoms with E-state index in [4.69, 9.17) is 18.0 Å². The number of thiocarbonyl (C=S) groups is 1. The van der Waals surface area contributed by atoms with Gasteiger partial charge in [0.25, 0.3) is 5.91 Å². The molecule has 4 nitrogen and oxygen atoms in total. The van der Waals surface area contributed by atoms with Gasteiger partial charge in [0.2, 0.25) is 0 Å². The maximum absolute atomic E-state index is 12.6. The molecule has 1 aromatic carbocycles. The first-order valence-corrected chi connectivity index (χ1v) is 7.96. The number of carbonyl (C=O) groups is 1. The molecular weight excluding hydrogens is 282 g/mol. The molecule has 1 amide bonds. The Morgan fingerprint density at radius 1 is 1.14 bits per heavy atom.